The number of thiophene rings is 1. The Morgan fingerprint density at radius 2 is 1.93 bits per heavy atom. The minimum absolute atomic E-state index is 1.21. The van der Waals surface area contributed by atoms with Crippen LogP contribution >= 0.6 is 33.9 Å². The van der Waals surface area contributed by atoms with Gasteiger partial charge in [-0.15, -0.1) is 11.3 Å². The van der Waals surface area contributed by atoms with Crippen molar-refractivity contribution in [1.82, 2.24) is 0 Å². The maximum atomic E-state index is 2.42. The molecule has 0 N–H and O–H groups in total. The highest BCUT2D eigenvalue weighted by molar-refractivity contribution is 14.1. The summed E-state index contributed by atoms with van der Waals surface area (Å²) in [6, 6.07) is 10.9. The van der Waals surface area contributed by atoms with Crippen molar-refractivity contribution in [2.45, 2.75) is 20.3 Å². The van der Waals surface area contributed by atoms with E-state index < -0.39 is 0 Å². The quantitative estimate of drug-likeness (QED) is 0.545. The van der Waals surface area contributed by atoms with Gasteiger partial charge in [0.15, 0.2) is 0 Å². The maximum Gasteiger partial charge on any atom is 0.0345 e. The van der Waals surface area contributed by atoms with E-state index in [1.165, 1.54) is 25.8 Å². The maximum absolute atomic E-state index is 2.42. The van der Waals surface area contributed by atoms with Gasteiger partial charge in [-0.3, -0.25) is 0 Å². The van der Waals surface area contributed by atoms with E-state index in [1.807, 2.05) is 25.2 Å². The van der Waals surface area contributed by atoms with Crippen molar-refractivity contribution in [3.8, 4) is 0 Å². The average Bonchev–Trinajstić information content (AvgIpc) is 2.63. The van der Waals surface area contributed by atoms with Crippen molar-refractivity contribution >= 4 is 44.0 Å². The molecule has 0 saturated heterocycles. The zero-order valence-electron chi connectivity index (χ0n) is 8.59. The Morgan fingerprint density at radius 3 is 2.57 bits per heavy atom. The number of aryl methyl sites for hydroxylation is 1. The molecule has 0 saturated carbocycles. The first-order chi connectivity index (χ1) is 6.90. The molecule has 14 heavy (non-hydrogen) atoms. The van der Waals surface area contributed by atoms with Crippen LogP contribution in [0.25, 0.3) is 10.1 Å². The third kappa shape index (κ3) is 2.95. The Kier molecular flexibility index (Phi) is 5.48. The highest BCUT2D eigenvalue weighted by Gasteiger charge is 1.98. The van der Waals surface area contributed by atoms with Crippen LogP contribution in [0, 0.1) is 0 Å². The molecule has 0 radical (unpaired) electrons. The molecule has 0 spiro atoms. The summed E-state index contributed by atoms with van der Waals surface area (Å²) in [5.41, 5.74) is 0. The van der Waals surface area contributed by atoms with Gasteiger partial charge in [-0.1, -0.05) is 54.6 Å². The minimum Gasteiger partial charge on any atom is -0.140 e. The molecule has 0 amide bonds. The SMILES string of the molecule is CC.ICCc1cc2ccccc2s1. The third-order valence-electron chi connectivity index (χ3n) is 1.82. The van der Waals surface area contributed by atoms with Crippen molar-refractivity contribution in [1.29, 1.82) is 0 Å². The Hall–Kier alpha value is -0.0900. The molecule has 76 valence electrons. The van der Waals surface area contributed by atoms with Crippen molar-refractivity contribution < 1.29 is 0 Å². The van der Waals surface area contributed by atoms with E-state index in [-0.39, 0.29) is 0 Å². The molecule has 0 aliphatic heterocycles. The fourth-order valence-corrected chi connectivity index (χ4v) is 3.26. The molecule has 1 aromatic heterocycles. The molecule has 0 unspecified atom stereocenters. The predicted octanol–water partition coefficient (Wildman–Crippen LogP) is 4.91. The summed E-state index contributed by atoms with van der Waals surface area (Å²) in [4.78, 5) is 1.51. The van der Waals surface area contributed by atoms with Crippen molar-refractivity contribution in [2.24, 2.45) is 0 Å². The van der Waals surface area contributed by atoms with Crippen molar-refractivity contribution in [3.05, 3.63) is 35.2 Å². The number of alkyl halides is 1. The van der Waals surface area contributed by atoms with Crippen molar-refractivity contribution in [2.75, 3.05) is 4.43 Å². The number of halogens is 1. The van der Waals surface area contributed by atoms with Gasteiger partial charge in [0.1, 0.15) is 0 Å². The van der Waals surface area contributed by atoms with E-state index >= 15 is 0 Å². The number of hydrogen-bond acceptors (Lipinski definition) is 1. The summed E-state index contributed by atoms with van der Waals surface area (Å²) < 4.78 is 2.63. The zero-order valence-corrected chi connectivity index (χ0v) is 11.6. The lowest BCUT2D eigenvalue weighted by Gasteiger charge is -1.85. The highest BCUT2D eigenvalue weighted by atomic mass is 127. The molecule has 1 aromatic carbocycles. The topological polar surface area (TPSA) is 0 Å². The summed E-state index contributed by atoms with van der Waals surface area (Å²) in [7, 11) is 0. The molecule has 2 heteroatoms. The Labute approximate surface area is 103 Å². The lowest BCUT2D eigenvalue weighted by molar-refractivity contribution is 1.24. The second-order valence-corrected chi connectivity index (χ2v) is 4.94. The highest BCUT2D eigenvalue weighted by Crippen LogP contribution is 2.25. The van der Waals surface area contributed by atoms with E-state index in [9.17, 15) is 0 Å². The fourth-order valence-electron chi connectivity index (χ4n) is 1.25. The van der Waals surface area contributed by atoms with Crippen LogP contribution in [0.15, 0.2) is 30.3 Å². The predicted molar refractivity (Wildman–Crippen MR) is 75.8 cm³/mol. The zero-order chi connectivity index (χ0) is 10.4. The van der Waals surface area contributed by atoms with Crippen LogP contribution in [0.2, 0.25) is 0 Å². The average molecular weight is 318 g/mol. The first-order valence-electron chi connectivity index (χ1n) is 4.93. The summed E-state index contributed by atoms with van der Waals surface area (Å²) in [6.45, 7) is 4.00. The molecular formula is C12H15IS. The minimum atomic E-state index is 1.21. The van der Waals surface area contributed by atoms with Gasteiger partial charge in [0.2, 0.25) is 0 Å². The van der Waals surface area contributed by atoms with Crippen LogP contribution in [0.4, 0.5) is 0 Å². The van der Waals surface area contributed by atoms with Crippen LogP contribution < -0.4 is 0 Å². The second-order valence-electron chi connectivity index (χ2n) is 2.69. The monoisotopic (exact) mass is 318 g/mol. The van der Waals surface area contributed by atoms with E-state index in [4.69, 9.17) is 0 Å². The molecule has 2 rings (SSSR count). The molecule has 0 atom stereocenters. The first kappa shape index (κ1) is 12.0. The number of benzene rings is 1. The molecule has 0 fully saturated rings. The number of hydrogen-bond donors (Lipinski definition) is 0. The second kappa shape index (κ2) is 6.40. The smallest absolute Gasteiger partial charge is 0.0345 e. The summed E-state index contributed by atoms with van der Waals surface area (Å²) >= 11 is 4.34. The third-order valence-corrected chi connectivity index (χ3v) is 3.53. The molecule has 2 aromatic rings. The van der Waals surface area contributed by atoms with Gasteiger partial charge in [0.05, 0.1) is 0 Å². The molecular weight excluding hydrogens is 303 g/mol. The van der Waals surface area contributed by atoms with Crippen LogP contribution in [-0.2, 0) is 6.42 Å². The molecule has 0 aliphatic rings. The van der Waals surface area contributed by atoms with E-state index in [1.54, 1.807) is 0 Å². The lowest BCUT2D eigenvalue weighted by atomic mass is 10.2. The van der Waals surface area contributed by atoms with E-state index in [2.05, 4.69) is 52.9 Å². The summed E-state index contributed by atoms with van der Waals surface area (Å²) in [6.07, 6.45) is 1.21. The van der Waals surface area contributed by atoms with Gasteiger partial charge in [-0.2, -0.15) is 0 Å². The Balaban J connectivity index is 0.000000461. The van der Waals surface area contributed by atoms with Gasteiger partial charge < -0.3 is 0 Å². The van der Waals surface area contributed by atoms with Crippen LogP contribution in [0.5, 0.6) is 0 Å². The van der Waals surface area contributed by atoms with E-state index in [0.29, 0.717) is 0 Å². The van der Waals surface area contributed by atoms with Gasteiger partial charge in [0.25, 0.3) is 0 Å². The lowest BCUT2D eigenvalue weighted by Crippen LogP contribution is -1.76. The van der Waals surface area contributed by atoms with E-state index in [0.717, 1.165) is 0 Å². The van der Waals surface area contributed by atoms with Crippen molar-refractivity contribution in [3.63, 3.8) is 0 Å². The normalized spacial score (nSPS) is 9.64. The Morgan fingerprint density at radius 1 is 1.21 bits per heavy atom. The molecule has 0 nitrogen and oxygen atoms in total. The Bertz CT molecular complexity index is 345. The molecule has 0 bridgehead atoms. The largest absolute Gasteiger partial charge is 0.140 e. The van der Waals surface area contributed by atoms with Gasteiger partial charge in [-0.25, -0.2) is 0 Å². The number of rotatable bonds is 2. The summed E-state index contributed by atoms with van der Waals surface area (Å²) in [5, 5.41) is 1.39. The van der Waals surface area contributed by atoms with Gasteiger partial charge >= 0.3 is 0 Å². The van der Waals surface area contributed by atoms with Gasteiger partial charge in [-0.05, 0) is 23.9 Å². The summed E-state index contributed by atoms with van der Waals surface area (Å²) in [5.74, 6) is 0. The standard InChI is InChI=1S/C10H9IS.C2H6/c11-6-5-9-7-8-3-1-2-4-10(8)12-9;1-2/h1-4,7H,5-6H2;1-2H3. The van der Waals surface area contributed by atoms with Gasteiger partial charge in [0, 0.05) is 14.0 Å². The first-order valence-corrected chi connectivity index (χ1v) is 7.28. The molecule has 1 heterocycles. The van der Waals surface area contributed by atoms with Crippen LogP contribution in [0.3, 0.4) is 0 Å². The van der Waals surface area contributed by atoms with Crippen LogP contribution in [-0.4, -0.2) is 4.43 Å². The fraction of sp³-hybridized carbons (Fsp3) is 0.333. The number of fused-ring (bicyclic) bond motifs is 1. The van der Waals surface area contributed by atoms with Crippen LogP contribution in [0.1, 0.15) is 18.7 Å². The molecule has 0 aliphatic carbocycles.